The van der Waals surface area contributed by atoms with Crippen molar-refractivity contribution < 1.29 is 80.2 Å². The summed E-state index contributed by atoms with van der Waals surface area (Å²) in [7, 11) is -9.90. The second kappa shape index (κ2) is 57.9. The second-order valence-electron chi connectivity index (χ2n) is 26.5. The zero-order valence-corrected chi connectivity index (χ0v) is 58.4. The van der Waals surface area contributed by atoms with Gasteiger partial charge in [-0.2, -0.15) is 0 Å². The number of aliphatic hydroxyl groups is 1. The van der Waals surface area contributed by atoms with Crippen molar-refractivity contribution in [3.8, 4) is 0 Å². The number of phosphoric ester groups is 2. The summed E-state index contributed by atoms with van der Waals surface area (Å²) in [5.74, 6) is 0.780. The number of carbonyl (C=O) groups is 4. The van der Waals surface area contributed by atoms with Crippen LogP contribution in [-0.4, -0.2) is 96.7 Å². The highest BCUT2D eigenvalue weighted by Crippen LogP contribution is 2.45. The highest BCUT2D eigenvalue weighted by molar-refractivity contribution is 7.47. The van der Waals surface area contributed by atoms with E-state index in [1.807, 2.05) is 0 Å². The van der Waals surface area contributed by atoms with Gasteiger partial charge in [-0.05, 0) is 49.4 Å². The van der Waals surface area contributed by atoms with Gasteiger partial charge >= 0.3 is 39.5 Å². The van der Waals surface area contributed by atoms with Crippen LogP contribution in [0.3, 0.4) is 0 Å². The average molecular weight is 1280 g/mol. The van der Waals surface area contributed by atoms with Crippen molar-refractivity contribution in [3.05, 3.63) is 0 Å². The third-order valence-electron chi connectivity index (χ3n) is 15.6. The Kier molecular flexibility index (Phi) is 56.6. The quantitative estimate of drug-likeness (QED) is 0.0222. The average Bonchev–Trinajstić information content (AvgIpc) is 3.68. The lowest BCUT2D eigenvalue weighted by Gasteiger charge is -2.21. The van der Waals surface area contributed by atoms with Gasteiger partial charge in [0.1, 0.15) is 19.3 Å². The van der Waals surface area contributed by atoms with Crippen molar-refractivity contribution in [2.45, 2.75) is 350 Å². The van der Waals surface area contributed by atoms with Crippen molar-refractivity contribution >= 4 is 39.5 Å². The molecule has 0 saturated carbocycles. The van der Waals surface area contributed by atoms with Gasteiger partial charge in [-0.3, -0.25) is 37.3 Å². The molecule has 0 heterocycles. The molecule has 87 heavy (non-hydrogen) atoms. The van der Waals surface area contributed by atoms with E-state index in [-0.39, 0.29) is 25.7 Å². The topological polar surface area (TPSA) is 237 Å². The molecule has 0 aliphatic carbocycles. The lowest BCUT2D eigenvalue weighted by molar-refractivity contribution is -0.161. The summed E-state index contributed by atoms with van der Waals surface area (Å²) in [6.07, 6.45) is 39.1. The summed E-state index contributed by atoms with van der Waals surface area (Å²) >= 11 is 0. The summed E-state index contributed by atoms with van der Waals surface area (Å²) in [6, 6.07) is 0. The molecule has 19 heteroatoms. The number of esters is 4. The Morgan fingerprint density at radius 1 is 0.287 bits per heavy atom. The Bertz CT molecular complexity index is 1730. The van der Waals surface area contributed by atoms with Crippen LogP contribution in [-0.2, 0) is 65.4 Å². The van der Waals surface area contributed by atoms with Crippen molar-refractivity contribution in [2.75, 3.05) is 39.6 Å². The number of rotatable bonds is 65. The summed E-state index contributed by atoms with van der Waals surface area (Å²) in [4.78, 5) is 72.4. The van der Waals surface area contributed by atoms with Crippen molar-refractivity contribution in [1.82, 2.24) is 0 Å². The van der Waals surface area contributed by atoms with Crippen molar-refractivity contribution in [3.63, 3.8) is 0 Å². The maximum atomic E-state index is 13.0. The van der Waals surface area contributed by atoms with Crippen LogP contribution in [0.5, 0.6) is 0 Å². The molecule has 17 nitrogen and oxygen atoms in total. The molecular weight excluding hydrogens is 1150 g/mol. The van der Waals surface area contributed by atoms with E-state index in [1.165, 1.54) is 135 Å². The van der Waals surface area contributed by atoms with Crippen LogP contribution in [0.2, 0.25) is 0 Å². The van der Waals surface area contributed by atoms with Crippen LogP contribution in [0, 0.1) is 23.7 Å². The maximum Gasteiger partial charge on any atom is 0.472 e. The van der Waals surface area contributed by atoms with E-state index in [2.05, 4.69) is 55.4 Å². The molecule has 0 bridgehead atoms. The number of ether oxygens (including phenoxy) is 4. The molecule has 0 aromatic rings. The summed E-state index contributed by atoms with van der Waals surface area (Å²) in [6.45, 7) is 14.0. The van der Waals surface area contributed by atoms with Crippen LogP contribution < -0.4 is 0 Å². The minimum Gasteiger partial charge on any atom is -0.462 e. The SMILES string of the molecule is CC(C)CCCCCCCCCCCCCCC(=O)O[C@H](COC(=O)CCCCCCCCCCCC(C)C)COP(=O)(O)OCC(O)COP(=O)(O)OC[C@@H](COC(=O)CCCCCCCCCCC(C)C)OC(=O)CCCCCCCCC(C)C. The zero-order valence-electron chi connectivity index (χ0n) is 56.6. The molecule has 0 spiro atoms. The zero-order chi connectivity index (χ0) is 64.7. The van der Waals surface area contributed by atoms with E-state index < -0.39 is 97.5 Å². The van der Waals surface area contributed by atoms with Gasteiger partial charge in [0.15, 0.2) is 12.2 Å². The Hall–Kier alpha value is -1.94. The number of phosphoric acid groups is 2. The molecule has 0 aromatic heterocycles. The van der Waals surface area contributed by atoms with E-state index >= 15 is 0 Å². The van der Waals surface area contributed by atoms with Crippen LogP contribution in [0.1, 0.15) is 331 Å². The van der Waals surface area contributed by atoms with Crippen molar-refractivity contribution in [1.29, 1.82) is 0 Å². The molecule has 0 aliphatic rings. The lowest BCUT2D eigenvalue weighted by atomic mass is 10.0. The molecule has 0 fully saturated rings. The van der Waals surface area contributed by atoms with Crippen molar-refractivity contribution in [2.24, 2.45) is 23.7 Å². The molecule has 0 saturated heterocycles. The van der Waals surface area contributed by atoms with E-state index in [4.69, 9.17) is 37.0 Å². The molecule has 0 rings (SSSR count). The second-order valence-corrected chi connectivity index (χ2v) is 29.4. The largest absolute Gasteiger partial charge is 0.472 e. The minimum absolute atomic E-state index is 0.101. The predicted octanol–water partition coefficient (Wildman–Crippen LogP) is 18.9. The fourth-order valence-electron chi connectivity index (χ4n) is 10.1. The van der Waals surface area contributed by atoms with E-state index in [1.54, 1.807) is 0 Å². The lowest BCUT2D eigenvalue weighted by Crippen LogP contribution is -2.30. The number of hydrogen-bond acceptors (Lipinski definition) is 15. The third-order valence-corrected chi connectivity index (χ3v) is 17.5. The van der Waals surface area contributed by atoms with Gasteiger partial charge in [0, 0.05) is 25.7 Å². The molecule has 516 valence electrons. The van der Waals surface area contributed by atoms with Crippen LogP contribution in [0.25, 0.3) is 0 Å². The highest BCUT2D eigenvalue weighted by Gasteiger charge is 2.30. The van der Waals surface area contributed by atoms with E-state index in [0.717, 1.165) is 108 Å². The normalized spacial score (nSPS) is 14.3. The number of aliphatic hydroxyl groups excluding tert-OH is 1. The van der Waals surface area contributed by atoms with Gasteiger partial charge in [0.2, 0.25) is 0 Å². The number of unbranched alkanes of at least 4 members (excludes halogenated alkanes) is 31. The monoisotopic (exact) mass is 1280 g/mol. The van der Waals surface area contributed by atoms with Crippen LogP contribution in [0.4, 0.5) is 0 Å². The molecule has 0 aromatic carbocycles. The Morgan fingerprint density at radius 3 is 0.713 bits per heavy atom. The standard InChI is InChI=1S/C68H132O17P2/c1-58(2)44-36-28-20-14-11-9-10-12-16-25-34-42-50-67(72)84-63(54-78-65(70)48-40-32-23-17-13-15-21-29-37-45-59(3)4)56-82-86(74,75)80-52-62(69)53-81-87(76,77)83-57-64(85-68(73)51-43-35-27-26-31-39-47-61(7)8)55-79-66(71)49-41-33-24-19-18-22-30-38-46-60(5)6/h58-64,69H,9-57H2,1-8H3,(H,74,75)(H,76,77)/t62?,63-,64-/m1/s1. The van der Waals surface area contributed by atoms with Crippen LogP contribution >= 0.6 is 15.6 Å². The van der Waals surface area contributed by atoms with E-state index in [9.17, 15) is 43.2 Å². The molecule has 5 atom stereocenters. The van der Waals surface area contributed by atoms with E-state index in [0.29, 0.717) is 31.6 Å². The van der Waals surface area contributed by atoms with Gasteiger partial charge in [0.05, 0.1) is 26.4 Å². The summed E-state index contributed by atoms with van der Waals surface area (Å²) in [5, 5.41) is 10.6. The third kappa shape index (κ3) is 62.6. The molecule has 0 amide bonds. The van der Waals surface area contributed by atoms with Crippen LogP contribution in [0.15, 0.2) is 0 Å². The molecular formula is C68H132O17P2. The first kappa shape index (κ1) is 85.1. The van der Waals surface area contributed by atoms with Gasteiger partial charge in [0.25, 0.3) is 0 Å². The smallest absolute Gasteiger partial charge is 0.462 e. The van der Waals surface area contributed by atoms with Gasteiger partial charge in [-0.15, -0.1) is 0 Å². The first-order valence-electron chi connectivity index (χ1n) is 35.2. The molecule has 0 aliphatic heterocycles. The number of carbonyl (C=O) groups excluding carboxylic acids is 4. The molecule has 0 radical (unpaired) electrons. The molecule has 3 N–H and O–H groups in total. The molecule has 3 unspecified atom stereocenters. The first-order valence-corrected chi connectivity index (χ1v) is 38.2. The maximum absolute atomic E-state index is 13.0. The summed E-state index contributed by atoms with van der Waals surface area (Å²) < 4.78 is 68.1. The van der Waals surface area contributed by atoms with Gasteiger partial charge in [-0.25, -0.2) is 9.13 Å². The number of hydrogen-bond donors (Lipinski definition) is 3. The fraction of sp³-hybridized carbons (Fsp3) is 0.941. The Morgan fingerprint density at radius 2 is 0.483 bits per heavy atom. The Balaban J connectivity index is 5.24. The van der Waals surface area contributed by atoms with Gasteiger partial charge in [-0.1, -0.05) is 280 Å². The summed E-state index contributed by atoms with van der Waals surface area (Å²) in [5.41, 5.74) is 0. The Labute approximate surface area is 530 Å². The highest BCUT2D eigenvalue weighted by atomic mass is 31.2. The minimum atomic E-state index is -4.95. The van der Waals surface area contributed by atoms with Gasteiger partial charge < -0.3 is 33.8 Å². The predicted molar refractivity (Wildman–Crippen MR) is 349 cm³/mol. The first-order chi connectivity index (χ1) is 41.6. The fourth-order valence-corrected chi connectivity index (χ4v) is 11.7.